The number of nitrogens with one attached hydrogen (secondary N) is 1. The van der Waals surface area contributed by atoms with E-state index >= 15 is 0 Å². The van der Waals surface area contributed by atoms with Crippen molar-refractivity contribution in [2.24, 2.45) is 5.16 Å². The minimum absolute atomic E-state index is 0.157. The van der Waals surface area contributed by atoms with Crippen LogP contribution in [0.25, 0.3) is 10.9 Å². The van der Waals surface area contributed by atoms with Crippen LogP contribution in [0.1, 0.15) is 32.4 Å². The molecule has 31 heavy (non-hydrogen) atoms. The molecule has 162 valence electrons. The third-order valence-corrected chi connectivity index (χ3v) is 4.79. The number of oxime groups is 1. The first-order chi connectivity index (χ1) is 14.8. The van der Waals surface area contributed by atoms with Gasteiger partial charge in [-0.05, 0) is 49.9 Å². The van der Waals surface area contributed by atoms with Crippen molar-refractivity contribution < 1.29 is 23.4 Å². The van der Waals surface area contributed by atoms with Gasteiger partial charge in [-0.25, -0.2) is 4.39 Å². The van der Waals surface area contributed by atoms with Crippen molar-refractivity contribution in [1.82, 2.24) is 4.98 Å². The Balaban J connectivity index is 1.44. The zero-order chi connectivity index (χ0) is 22.0. The molecule has 0 aliphatic carbocycles. The van der Waals surface area contributed by atoms with Gasteiger partial charge in [0, 0.05) is 29.8 Å². The second-order valence-corrected chi connectivity index (χ2v) is 7.76. The first-order valence-electron chi connectivity index (χ1n) is 9.90. The maximum atomic E-state index is 14.1. The van der Waals surface area contributed by atoms with Crippen molar-refractivity contribution >= 4 is 17.1 Å². The summed E-state index contributed by atoms with van der Waals surface area (Å²) in [7, 11) is 0. The molecule has 1 aliphatic heterocycles. The van der Waals surface area contributed by atoms with Crippen LogP contribution >= 0.6 is 0 Å². The Bertz CT molecular complexity index is 1170. The summed E-state index contributed by atoms with van der Waals surface area (Å²) in [4.78, 5) is 19.5. The molecule has 2 aromatic carbocycles. The van der Waals surface area contributed by atoms with Gasteiger partial charge in [-0.15, -0.1) is 0 Å². The van der Waals surface area contributed by atoms with Crippen LogP contribution in [-0.4, -0.2) is 29.7 Å². The average molecular weight is 426 g/mol. The topological polar surface area (TPSA) is 82.1 Å². The van der Waals surface area contributed by atoms with E-state index in [0.29, 0.717) is 12.4 Å². The first kappa shape index (κ1) is 21.0. The average Bonchev–Trinajstić information content (AvgIpc) is 3.05. The van der Waals surface area contributed by atoms with Crippen LogP contribution in [0.4, 0.5) is 4.39 Å². The minimum atomic E-state index is -0.662. The highest BCUT2D eigenvalue weighted by molar-refractivity contribution is 5.79. The van der Waals surface area contributed by atoms with Gasteiger partial charge in [0.1, 0.15) is 23.8 Å². The number of H-pyrrole nitrogens is 1. The number of nitrogens with zero attached hydrogens (tertiary/aromatic N) is 1. The maximum Gasteiger partial charge on any atom is 0.248 e. The molecule has 2 heterocycles. The van der Waals surface area contributed by atoms with Gasteiger partial charge >= 0.3 is 0 Å². The number of pyridine rings is 1. The Labute approximate surface area is 178 Å². The van der Waals surface area contributed by atoms with Crippen molar-refractivity contribution in [2.75, 3.05) is 6.61 Å². The van der Waals surface area contributed by atoms with Gasteiger partial charge in [-0.2, -0.15) is 0 Å². The highest BCUT2D eigenvalue weighted by Crippen LogP contribution is 2.28. The van der Waals surface area contributed by atoms with Gasteiger partial charge in [-0.3, -0.25) is 4.79 Å². The van der Waals surface area contributed by atoms with Crippen LogP contribution in [0.15, 0.2) is 58.5 Å². The van der Waals surface area contributed by atoms with E-state index in [1.54, 1.807) is 12.1 Å². The maximum absolute atomic E-state index is 14.1. The van der Waals surface area contributed by atoms with Crippen LogP contribution in [0.3, 0.4) is 0 Å². The Morgan fingerprint density at radius 2 is 2.00 bits per heavy atom. The lowest BCUT2D eigenvalue weighted by Crippen LogP contribution is -2.22. The Kier molecular flexibility index (Phi) is 5.75. The van der Waals surface area contributed by atoms with Gasteiger partial charge in [0.05, 0.1) is 12.8 Å². The molecule has 2 atom stereocenters. The molecule has 1 aliphatic rings. The molecule has 0 saturated carbocycles. The fourth-order valence-corrected chi connectivity index (χ4v) is 3.30. The molecule has 0 amide bonds. The molecule has 7 nitrogen and oxygen atoms in total. The highest BCUT2D eigenvalue weighted by Gasteiger charge is 2.31. The number of aromatic amines is 1. The molecule has 0 spiro atoms. The predicted molar refractivity (Wildman–Crippen MR) is 114 cm³/mol. The fourth-order valence-electron chi connectivity index (χ4n) is 3.30. The van der Waals surface area contributed by atoms with Crippen LogP contribution in [0.5, 0.6) is 11.5 Å². The second-order valence-electron chi connectivity index (χ2n) is 7.76. The van der Waals surface area contributed by atoms with E-state index in [0.717, 1.165) is 16.5 Å². The zero-order valence-electron chi connectivity index (χ0n) is 17.4. The van der Waals surface area contributed by atoms with Gasteiger partial charge in [0.25, 0.3) is 0 Å². The van der Waals surface area contributed by atoms with Crippen molar-refractivity contribution in [3.63, 3.8) is 0 Å². The normalized spacial score (nSPS) is 19.0. The molecule has 3 aromatic rings. The molecule has 1 saturated heterocycles. The number of benzene rings is 2. The number of halogens is 1. The van der Waals surface area contributed by atoms with Crippen molar-refractivity contribution in [2.45, 2.75) is 38.8 Å². The smallest absolute Gasteiger partial charge is 0.248 e. The highest BCUT2D eigenvalue weighted by atomic mass is 19.1. The standard InChI is InChI=1S/C23H23FN2O5/c1-14(15-4-6-21-16(8-15)5-7-22(27)26-21)29-18-9-17(24)10-19(11-18)31-25-12-20-13-28-23(2,3)30-20/h4-12,14,20H,13H2,1-3H3,(H,26,27)/b25-12+/t14?,20-/m0/s1. The molecule has 1 unspecified atom stereocenters. The largest absolute Gasteiger partial charge is 0.486 e. The first-order valence-corrected chi connectivity index (χ1v) is 9.90. The summed E-state index contributed by atoms with van der Waals surface area (Å²) >= 11 is 0. The lowest BCUT2D eigenvalue weighted by molar-refractivity contribution is -0.131. The Hall–Kier alpha value is -3.23. The monoisotopic (exact) mass is 426 g/mol. The molecule has 1 aromatic heterocycles. The van der Waals surface area contributed by atoms with E-state index in [-0.39, 0.29) is 23.5 Å². The number of rotatable bonds is 6. The zero-order valence-corrected chi connectivity index (χ0v) is 17.4. The van der Waals surface area contributed by atoms with Gasteiger partial charge in [0.15, 0.2) is 11.5 Å². The summed E-state index contributed by atoms with van der Waals surface area (Å²) in [5.41, 5.74) is 1.46. The van der Waals surface area contributed by atoms with Gasteiger partial charge in [-0.1, -0.05) is 11.2 Å². The summed E-state index contributed by atoms with van der Waals surface area (Å²) in [6, 6.07) is 12.9. The summed E-state index contributed by atoms with van der Waals surface area (Å²) in [6.45, 7) is 5.85. The number of ether oxygens (including phenoxy) is 3. The lowest BCUT2D eigenvalue weighted by atomic mass is 10.1. The predicted octanol–water partition coefficient (Wildman–Crippen LogP) is 4.32. The van der Waals surface area contributed by atoms with Gasteiger partial charge < -0.3 is 24.0 Å². The molecule has 1 N–H and O–H groups in total. The van der Waals surface area contributed by atoms with E-state index in [9.17, 15) is 9.18 Å². The van der Waals surface area contributed by atoms with Crippen LogP contribution in [0, 0.1) is 5.82 Å². The molecule has 0 bridgehead atoms. The second kappa shape index (κ2) is 8.49. The third-order valence-electron chi connectivity index (χ3n) is 4.79. The van der Waals surface area contributed by atoms with E-state index in [2.05, 4.69) is 10.1 Å². The lowest BCUT2D eigenvalue weighted by Gasteiger charge is -2.16. The van der Waals surface area contributed by atoms with Crippen molar-refractivity contribution in [3.8, 4) is 11.5 Å². The Morgan fingerprint density at radius 3 is 2.77 bits per heavy atom. The minimum Gasteiger partial charge on any atom is -0.486 e. The van der Waals surface area contributed by atoms with E-state index < -0.39 is 11.6 Å². The van der Waals surface area contributed by atoms with Crippen molar-refractivity contribution in [1.29, 1.82) is 0 Å². The van der Waals surface area contributed by atoms with Crippen molar-refractivity contribution in [3.05, 3.63) is 70.3 Å². The van der Waals surface area contributed by atoms with E-state index in [4.69, 9.17) is 19.0 Å². The quantitative estimate of drug-likeness (QED) is 0.469. The van der Waals surface area contributed by atoms with E-state index in [1.807, 2.05) is 39.0 Å². The molecule has 8 heteroatoms. The molecular weight excluding hydrogens is 403 g/mol. The number of hydrogen-bond acceptors (Lipinski definition) is 6. The SMILES string of the molecule is CC(Oc1cc(F)cc(O/N=C/[C@H]2COC(C)(C)O2)c1)c1ccc2[nH]c(=O)ccc2c1. The summed E-state index contributed by atoms with van der Waals surface area (Å²) in [6.07, 6.45) is 0.783. The Morgan fingerprint density at radius 1 is 1.19 bits per heavy atom. The molecule has 0 radical (unpaired) electrons. The summed E-state index contributed by atoms with van der Waals surface area (Å²) in [5, 5.41) is 4.75. The molecule has 4 rings (SSSR count). The number of fused-ring (bicyclic) bond motifs is 1. The molecule has 1 fully saturated rings. The molecular formula is C23H23FN2O5. The van der Waals surface area contributed by atoms with Crippen LogP contribution in [0.2, 0.25) is 0 Å². The third kappa shape index (κ3) is 5.28. The van der Waals surface area contributed by atoms with Crippen LogP contribution < -0.4 is 15.1 Å². The summed E-state index contributed by atoms with van der Waals surface area (Å²) < 4.78 is 31.0. The number of aromatic nitrogens is 1. The fraction of sp³-hybridized carbons (Fsp3) is 0.304. The van der Waals surface area contributed by atoms with E-state index in [1.165, 1.54) is 24.4 Å². The number of hydrogen-bond donors (Lipinski definition) is 1. The summed E-state index contributed by atoms with van der Waals surface area (Å²) in [5.74, 6) is -0.661. The van der Waals surface area contributed by atoms with Gasteiger partial charge in [0.2, 0.25) is 5.56 Å². The van der Waals surface area contributed by atoms with Crippen LogP contribution in [-0.2, 0) is 9.47 Å².